The molecule has 15 heteroatoms. The number of ether oxygens (including phenoxy) is 2. The lowest BCUT2D eigenvalue weighted by molar-refractivity contribution is -0.913. The molecule has 50 heavy (non-hydrogen) atoms. The molecular weight excluding hydrogens is 646 g/mol. The highest BCUT2D eigenvalue weighted by Gasteiger charge is 2.37. The number of fused-ring (bicyclic) bond motifs is 1. The normalized spacial score (nSPS) is 17.3. The molecule has 15 nitrogen and oxygen atoms in total. The number of quaternary nitrogens is 1. The van der Waals surface area contributed by atoms with E-state index in [0.29, 0.717) is 67.1 Å². The van der Waals surface area contributed by atoms with Crippen molar-refractivity contribution < 1.29 is 42.3 Å². The Labute approximate surface area is 290 Å². The van der Waals surface area contributed by atoms with Crippen molar-refractivity contribution in [1.82, 2.24) is 30.4 Å². The molecule has 0 unspecified atom stereocenters. The lowest BCUT2D eigenvalue weighted by atomic mass is 10.1. The average Bonchev–Trinajstić information content (AvgIpc) is 3.80. The second kappa shape index (κ2) is 15.7. The van der Waals surface area contributed by atoms with E-state index >= 15 is 0 Å². The van der Waals surface area contributed by atoms with Crippen molar-refractivity contribution in [2.75, 3.05) is 59.5 Å². The lowest BCUT2D eigenvalue weighted by Crippen LogP contribution is -2.59. The van der Waals surface area contributed by atoms with Crippen molar-refractivity contribution in [2.45, 2.75) is 58.2 Å². The van der Waals surface area contributed by atoms with Crippen molar-refractivity contribution >= 4 is 40.5 Å². The quantitative estimate of drug-likeness (QED) is 0.163. The zero-order valence-electron chi connectivity index (χ0n) is 29.1. The molecule has 5 rings (SSSR count). The Morgan fingerprint density at radius 2 is 1.84 bits per heavy atom. The number of carbonyl (C=O) groups is 5. The molecule has 2 aliphatic rings. The minimum atomic E-state index is -0.901. The van der Waals surface area contributed by atoms with Crippen LogP contribution in [0.5, 0.6) is 5.75 Å². The van der Waals surface area contributed by atoms with Crippen LogP contribution in [0.15, 0.2) is 47.5 Å². The molecule has 1 atom stereocenters. The van der Waals surface area contributed by atoms with Gasteiger partial charge in [0, 0.05) is 24.5 Å². The van der Waals surface area contributed by atoms with Gasteiger partial charge in [0.2, 0.25) is 11.7 Å². The molecule has 268 valence electrons. The van der Waals surface area contributed by atoms with Crippen LogP contribution >= 0.6 is 0 Å². The van der Waals surface area contributed by atoms with E-state index in [4.69, 9.17) is 13.9 Å². The van der Waals surface area contributed by atoms with E-state index in [9.17, 15) is 24.0 Å². The highest BCUT2D eigenvalue weighted by molar-refractivity contribution is 6.38. The summed E-state index contributed by atoms with van der Waals surface area (Å²) in [6.45, 7) is 9.87. The highest BCUT2D eigenvalue weighted by atomic mass is 16.6. The standard InChI is InChI=1S/C35H45N7O8/c1-35(2,3)50-34(47)40-13-16-42(4,17-14-40)15-6-18-48-24-8-9-28-27(19-24)26(10-11-37-28)32(45)39-22-30(43)41-12-5-7-29(41)31(44)33(46)38-21-25-20-36-23-49-25/h8-11,19-20,23,29H,5-7,12-18,21-22H2,1-4H3,(H-,38,39,45,46)/p+1/t29-/m0/s1. The topological polar surface area (TPSA) is 173 Å². The van der Waals surface area contributed by atoms with Gasteiger partial charge in [-0.2, -0.15) is 0 Å². The summed E-state index contributed by atoms with van der Waals surface area (Å²) in [5, 5.41) is 5.74. The van der Waals surface area contributed by atoms with Crippen LogP contribution < -0.4 is 15.4 Å². The van der Waals surface area contributed by atoms with Crippen molar-refractivity contribution in [3.63, 3.8) is 0 Å². The molecule has 0 bridgehead atoms. The van der Waals surface area contributed by atoms with Gasteiger partial charge in [-0.05, 0) is 57.9 Å². The molecule has 2 fully saturated rings. The number of benzene rings is 1. The van der Waals surface area contributed by atoms with E-state index < -0.39 is 35.1 Å². The van der Waals surface area contributed by atoms with E-state index in [1.54, 1.807) is 23.1 Å². The first-order chi connectivity index (χ1) is 23.8. The summed E-state index contributed by atoms with van der Waals surface area (Å²) in [6.07, 6.45) is 5.63. The maximum absolute atomic E-state index is 13.3. The summed E-state index contributed by atoms with van der Waals surface area (Å²) < 4.78 is 17.5. The number of Topliss-reactive ketones (excluding diaryl/α,β-unsaturated/α-hetero) is 1. The number of likely N-dealkylation sites (tertiary alicyclic amines) is 1. The molecule has 0 saturated carbocycles. The number of nitrogens with zero attached hydrogens (tertiary/aromatic N) is 5. The summed E-state index contributed by atoms with van der Waals surface area (Å²) in [6, 6.07) is 6.03. The fourth-order valence-electron chi connectivity index (χ4n) is 6.16. The van der Waals surface area contributed by atoms with Gasteiger partial charge in [-0.3, -0.25) is 29.1 Å². The number of likely N-dealkylation sites (N-methyl/N-ethyl adjacent to an activating group) is 1. The van der Waals surface area contributed by atoms with E-state index in [1.807, 2.05) is 26.8 Å². The number of ketones is 1. The number of hydrogen-bond donors (Lipinski definition) is 2. The Morgan fingerprint density at radius 1 is 1.06 bits per heavy atom. The van der Waals surface area contributed by atoms with Crippen molar-refractivity contribution in [1.29, 1.82) is 0 Å². The number of hydrogen-bond acceptors (Lipinski definition) is 10. The number of piperazine rings is 1. The van der Waals surface area contributed by atoms with E-state index in [2.05, 4.69) is 27.6 Å². The molecule has 2 saturated heterocycles. The molecule has 2 N–H and O–H groups in total. The number of amides is 4. The summed E-state index contributed by atoms with van der Waals surface area (Å²) >= 11 is 0. The third-order valence-corrected chi connectivity index (χ3v) is 8.95. The number of pyridine rings is 1. The fraction of sp³-hybridized carbons (Fsp3) is 0.514. The second-order valence-corrected chi connectivity index (χ2v) is 13.9. The zero-order valence-corrected chi connectivity index (χ0v) is 29.1. The van der Waals surface area contributed by atoms with Crippen LogP contribution in [0.4, 0.5) is 4.79 Å². The molecular formula is C35H46N7O8+. The van der Waals surface area contributed by atoms with Gasteiger partial charge >= 0.3 is 6.09 Å². The number of nitrogens with one attached hydrogen (secondary N) is 2. The first-order valence-corrected chi connectivity index (χ1v) is 16.9. The maximum atomic E-state index is 13.3. The average molecular weight is 693 g/mol. The number of oxazole rings is 1. The van der Waals surface area contributed by atoms with Gasteiger partial charge in [-0.25, -0.2) is 9.78 Å². The number of carbonyl (C=O) groups excluding carboxylic acids is 5. The summed E-state index contributed by atoms with van der Waals surface area (Å²) in [4.78, 5) is 75.4. The van der Waals surface area contributed by atoms with Crippen molar-refractivity contribution in [3.05, 3.63) is 54.4 Å². The molecule has 0 aliphatic carbocycles. The Bertz CT molecular complexity index is 1700. The number of aromatic nitrogens is 2. The molecule has 3 aromatic rings. The lowest BCUT2D eigenvalue weighted by Gasteiger charge is -2.42. The van der Waals surface area contributed by atoms with Crippen molar-refractivity contribution in [2.24, 2.45) is 0 Å². The summed E-state index contributed by atoms with van der Waals surface area (Å²) in [7, 11) is 2.18. The van der Waals surface area contributed by atoms with Crippen LogP contribution in [0.25, 0.3) is 10.9 Å². The third-order valence-electron chi connectivity index (χ3n) is 8.95. The predicted octanol–water partition coefficient (Wildman–Crippen LogP) is 2.30. The minimum Gasteiger partial charge on any atom is -0.493 e. The van der Waals surface area contributed by atoms with Gasteiger partial charge < -0.3 is 33.9 Å². The van der Waals surface area contributed by atoms with Crippen LogP contribution in [0.1, 0.15) is 56.2 Å². The Hall–Kier alpha value is -5.05. The fourth-order valence-corrected chi connectivity index (χ4v) is 6.16. The largest absolute Gasteiger partial charge is 0.493 e. The molecule has 0 spiro atoms. The molecule has 0 radical (unpaired) electrons. The van der Waals surface area contributed by atoms with Crippen molar-refractivity contribution in [3.8, 4) is 5.75 Å². The first kappa shape index (κ1) is 36.2. The smallest absolute Gasteiger partial charge is 0.410 e. The van der Waals surface area contributed by atoms with Crippen LogP contribution in [-0.2, 0) is 25.7 Å². The van der Waals surface area contributed by atoms with E-state index in [0.717, 1.165) is 30.5 Å². The Kier molecular flexibility index (Phi) is 11.3. The zero-order chi connectivity index (χ0) is 35.9. The Morgan fingerprint density at radius 3 is 2.56 bits per heavy atom. The molecule has 2 aromatic heterocycles. The van der Waals surface area contributed by atoms with Crippen LogP contribution in [0, 0.1) is 0 Å². The minimum absolute atomic E-state index is 0.00433. The van der Waals surface area contributed by atoms with E-state index in [-0.39, 0.29) is 19.2 Å². The van der Waals surface area contributed by atoms with Gasteiger partial charge in [0.25, 0.3) is 11.8 Å². The molecule has 2 aliphatic heterocycles. The van der Waals surface area contributed by atoms with Crippen LogP contribution in [0.3, 0.4) is 0 Å². The third kappa shape index (κ3) is 9.34. The second-order valence-electron chi connectivity index (χ2n) is 13.9. The molecule has 1 aromatic carbocycles. The van der Waals surface area contributed by atoms with Gasteiger partial charge in [0.15, 0.2) is 6.39 Å². The highest BCUT2D eigenvalue weighted by Crippen LogP contribution is 2.24. The number of rotatable bonds is 12. The van der Waals surface area contributed by atoms with Crippen LogP contribution in [0.2, 0.25) is 0 Å². The maximum Gasteiger partial charge on any atom is 0.410 e. The Balaban J connectivity index is 1.10. The SMILES string of the molecule is CC(C)(C)OC(=O)N1CC[N+](C)(CCCOc2ccc3nccc(C(=O)NCC(=O)N4CCC[C@H]4C(=O)C(=O)NCc4cnco4)c3c2)CC1. The first-order valence-electron chi connectivity index (χ1n) is 16.9. The van der Waals surface area contributed by atoms with Gasteiger partial charge in [0.05, 0.1) is 76.7 Å². The van der Waals surface area contributed by atoms with Gasteiger partial charge in [0.1, 0.15) is 23.2 Å². The van der Waals surface area contributed by atoms with Gasteiger partial charge in [-0.15, -0.1) is 0 Å². The summed E-state index contributed by atoms with van der Waals surface area (Å²) in [5.74, 6) is -1.47. The van der Waals surface area contributed by atoms with Gasteiger partial charge in [-0.1, -0.05) is 0 Å². The predicted molar refractivity (Wildman–Crippen MR) is 181 cm³/mol. The monoisotopic (exact) mass is 692 g/mol. The van der Waals surface area contributed by atoms with E-state index in [1.165, 1.54) is 23.7 Å². The molecule has 4 amide bonds. The van der Waals surface area contributed by atoms with Crippen LogP contribution in [-0.4, -0.2) is 125 Å². The molecule has 4 heterocycles. The summed E-state index contributed by atoms with van der Waals surface area (Å²) in [5.41, 5.74) is 0.406.